The lowest BCUT2D eigenvalue weighted by molar-refractivity contribution is -0.129. The molecule has 5 nitrogen and oxygen atoms in total. The highest BCUT2D eigenvalue weighted by Crippen LogP contribution is 2.25. The fourth-order valence-electron chi connectivity index (χ4n) is 3.60. The van der Waals surface area contributed by atoms with Crippen molar-refractivity contribution in [1.29, 1.82) is 0 Å². The molecule has 1 aliphatic heterocycles. The maximum absolute atomic E-state index is 12.4. The molecule has 0 saturated carbocycles. The van der Waals surface area contributed by atoms with Crippen molar-refractivity contribution < 1.29 is 9.90 Å². The van der Waals surface area contributed by atoms with Gasteiger partial charge in [0.2, 0.25) is 0 Å². The predicted octanol–water partition coefficient (Wildman–Crippen LogP) is 2.99. The summed E-state index contributed by atoms with van der Waals surface area (Å²) in [6, 6.07) is 21.3. The predicted molar refractivity (Wildman–Crippen MR) is 109 cm³/mol. The van der Waals surface area contributed by atoms with Gasteiger partial charge in [0, 0.05) is 31.4 Å². The van der Waals surface area contributed by atoms with E-state index in [0.717, 1.165) is 30.9 Å². The van der Waals surface area contributed by atoms with Crippen LogP contribution in [0.1, 0.15) is 28.4 Å². The molecule has 1 aromatic heterocycles. The van der Waals surface area contributed by atoms with Gasteiger partial charge in [-0.1, -0.05) is 60.7 Å². The fourth-order valence-corrected chi connectivity index (χ4v) is 3.60. The lowest BCUT2D eigenvalue weighted by Crippen LogP contribution is -2.33. The number of benzene rings is 2. The zero-order chi connectivity index (χ0) is 19.3. The van der Waals surface area contributed by atoms with Crippen LogP contribution in [0.15, 0.2) is 72.9 Å². The number of nitrogens with one attached hydrogen (secondary N) is 1. The van der Waals surface area contributed by atoms with Gasteiger partial charge in [0.1, 0.15) is 5.82 Å². The Morgan fingerprint density at radius 1 is 1.04 bits per heavy atom. The van der Waals surface area contributed by atoms with Crippen LogP contribution in [0.4, 0.5) is 5.82 Å². The van der Waals surface area contributed by atoms with Gasteiger partial charge < -0.3 is 15.3 Å². The van der Waals surface area contributed by atoms with Gasteiger partial charge in [0.25, 0.3) is 5.91 Å². The highest BCUT2D eigenvalue weighted by Gasteiger charge is 2.21. The summed E-state index contributed by atoms with van der Waals surface area (Å²) in [5, 5.41) is 13.1. The molecule has 0 radical (unpaired) electrons. The third-order valence-corrected chi connectivity index (χ3v) is 5.11. The second-order valence-electron chi connectivity index (χ2n) is 6.96. The first kappa shape index (κ1) is 18.2. The number of nitrogens with zero attached hydrogens (tertiary/aromatic N) is 2. The second kappa shape index (κ2) is 8.23. The number of aliphatic hydroxyl groups is 1. The van der Waals surface area contributed by atoms with Gasteiger partial charge in [-0.2, -0.15) is 0 Å². The maximum Gasteiger partial charge on any atom is 0.253 e. The second-order valence-corrected chi connectivity index (χ2v) is 6.96. The van der Waals surface area contributed by atoms with Crippen molar-refractivity contribution in [2.45, 2.75) is 25.6 Å². The van der Waals surface area contributed by atoms with Crippen molar-refractivity contribution in [1.82, 2.24) is 10.3 Å². The molecule has 0 aliphatic carbocycles. The first-order valence-corrected chi connectivity index (χ1v) is 9.49. The van der Waals surface area contributed by atoms with Gasteiger partial charge in [0.15, 0.2) is 6.10 Å². The Morgan fingerprint density at radius 3 is 2.61 bits per heavy atom. The Hall–Kier alpha value is -3.18. The number of anilines is 1. The average Bonchev–Trinajstić information content (AvgIpc) is 2.77. The molecule has 1 aliphatic rings. The monoisotopic (exact) mass is 373 g/mol. The third kappa shape index (κ3) is 3.89. The van der Waals surface area contributed by atoms with Gasteiger partial charge >= 0.3 is 0 Å². The Morgan fingerprint density at radius 2 is 1.79 bits per heavy atom. The SMILES string of the molecule is O=C(NCc1cccnc1N1CCc2ccccc2C1)[C@H](O)c1ccccc1. The zero-order valence-corrected chi connectivity index (χ0v) is 15.6. The van der Waals surface area contributed by atoms with Crippen LogP contribution in [0.2, 0.25) is 0 Å². The van der Waals surface area contributed by atoms with Crippen LogP contribution in [0.5, 0.6) is 0 Å². The minimum Gasteiger partial charge on any atom is -0.378 e. The normalized spacial score (nSPS) is 14.2. The molecule has 1 amide bonds. The molecule has 0 saturated heterocycles. The van der Waals surface area contributed by atoms with E-state index < -0.39 is 12.0 Å². The number of aliphatic hydroxyl groups excluding tert-OH is 1. The molecule has 2 aromatic carbocycles. The molecule has 0 unspecified atom stereocenters. The van der Waals surface area contributed by atoms with Crippen molar-refractivity contribution in [2.75, 3.05) is 11.4 Å². The first-order chi connectivity index (χ1) is 13.7. The third-order valence-electron chi connectivity index (χ3n) is 5.11. The van der Waals surface area contributed by atoms with E-state index in [0.29, 0.717) is 12.1 Å². The van der Waals surface area contributed by atoms with E-state index in [1.54, 1.807) is 30.5 Å². The summed E-state index contributed by atoms with van der Waals surface area (Å²) in [7, 11) is 0. The molecule has 3 aromatic rings. The van der Waals surface area contributed by atoms with Crippen molar-refractivity contribution in [3.63, 3.8) is 0 Å². The van der Waals surface area contributed by atoms with Crippen LogP contribution in [-0.2, 0) is 24.3 Å². The smallest absolute Gasteiger partial charge is 0.253 e. The van der Waals surface area contributed by atoms with Gasteiger partial charge in [-0.05, 0) is 29.2 Å². The van der Waals surface area contributed by atoms with E-state index in [9.17, 15) is 9.90 Å². The quantitative estimate of drug-likeness (QED) is 0.722. The Balaban J connectivity index is 1.46. The lowest BCUT2D eigenvalue weighted by Gasteiger charge is -2.31. The molecular formula is C23H23N3O2. The van der Waals surface area contributed by atoms with E-state index >= 15 is 0 Å². The van der Waals surface area contributed by atoms with Crippen LogP contribution in [0.25, 0.3) is 0 Å². The Bertz CT molecular complexity index is 959. The van der Waals surface area contributed by atoms with Crippen LogP contribution in [0, 0.1) is 0 Å². The number of hydrogen-bond acceptors (Lipinski definition) is 4. The summed E-state index contributed by atoms with van der Waals surface area (Å²) < 4.78 is 0. The topological polar surface area (TPSA) is 65.5 Å². The number of carbonyl (C=O) groups is 1. The first-order valence-electron chi connectivity index (χ1n) is 9.49. The average molecular weight is 373 g/mol. The molecular weight excluding hydrogens is 350 g/mol. The summed E-state index contributed by atoms with van der Waals surface area (Å²) >= 11 is 0. The number of amides is 1. The largest absolute Gasteiger partial charge is 0.378 e. The number of carbonyl (C=O) groups excluding carboxylic acids is 1. The van der Waals surface area contributed by atoms with Crippen molar-refractivity contribution in [3.05, 3.63) is 95.2 Å². The van der Waals surface area contributed by atoms with E-state index in [1.807, 2.05) is 18.2 Å². The van der Waals surface area contributed by atoms with Crippen molar-refractivity contribution in [3.8, 4) is 0 Å². The van der Waals surface area contributed by atoms with E-state index in [1.165, 1.54) is 11.1 Å². The minimum atomic E-state index is -1.18. The molecule has 2 N–H and O–H groups in total. The maximum atomic E-state index is 12.4. The van der Waals surface area contributed by atoms with Gasteiger partial charge in [0.05, 0.1) is 0 Å². The molecule has 142 valence electrons. The summed E-state index contributed by atoms with van der Waals surface area (Å²) in [4.78, 5) is 19.2. The number of fused-ring (bicyclic) bond motifs is 1. The van der Waals surface area contributed by atoms with Crippen molar-refractivity contribution >= 4 is 11.7 Å². The molecule has 5 heteroatoms. The van der Waals surface area contributed by atoms with Gasteiger partial charge in [-0.15, -0.1) is 0 Å². The van der Waals surface area contributed by atoms with Crippen molar-refractivity contribution in [2.24, 2.45) is 0 Å². The highest BCUT2D eigenvalue weighted by molar-refractivity contribution is 5.82. The molecule has 0 spiro atoms. The van der Waals surface area contributed by atoms with Crippen LogP contribution < -0.4 is 10.2 Å². The number of hydrogen-bond donors (Lipinski definition) is 2. The highest BCUT2D eigenvalue weighted by atomic mass is 16.3. The molecule has 2 heterocycles. The van der Waals surface area contributed by atoms with Crippen LogP contribution in [-0.4, -0.2) is 22.5 Å². The van der Waals surface area contributed by atoms with Crippen LogP contribution >= 0.6 is 0 Å². The van der Waals surface area contributed by atoms with E-state index in [4.69, 9.17) is 0 Å². The van der Waals surface area contributed by atoms with Crippen LogP contribution in [0.3, 0.4) is 0 Å². The molecule has 4 rings (SSSR count). The molecule has 28 heavy (non-hydrogen) atoms. The summed E-state index contributed by atoms with van der Waals surface area (Å²) in [6.07, 6.45) is 1.58. The fraction of sp³-hybridized carbons (Fsp3) is 0.217. The van der Waals surface area contributed by atoms with Gasteiger partial charge in [-0.25, -0.2) is 4.98 Å². The summed E-state index contributed by atoms with van der Waals surface area (Å²) in [5.41, 5.74) is 4.22. The number of aromatic nitrogens is 1. The summed E-state index contributed by atoms with van der Waals surface area (Å²) in [5.74, 6) is 0.469. The van der Waals surface area contributed by atoms with E-state index in [2.05, 4.69) is 39.5 Å². The zero-order valence-electron chi connectivity index (χ0n) is 15.6. The van der Waals surface area contributed by atoms with E-state index in [-0.39, 0.29) is 0 Å². The molecule has 0 bridgehead atoms. The van der Waals surface area contributed by atoms with Gasteiger partial charge in [-0.3, -0.25) is 4.79 Å². The lowest BCUT2D eigenvalue weighted by atomic mass is 9.99. The Labute approximate surface area is 164 Å². The number of rotatable bonds is 5. The molecule has 1 atom stereocenters. The minimum absolute atomic E-state index is 0.323. The molecule has 0 fully saturated rings. The Kier molecular flexibility index (Phi) is 5.35. The summed E-state index contributed by atoms with van der Waals surface area (Å²) in [6.45, 7) is 2.02. The standard InChI is InChI=1S/C23H23N3O2/c27-21(18-8-2-1-3-9-18)23(28)25-15-19-11-6-13-24-22(19)26-14-12-17-7-4-5-10-20(17)16-26/h1-11,13,21,27H,12,14-16H2,(H,25,28)/t21-/m1/s1. The number of pyridine rings is 1.